The van der Waals surface area contributed by atoms with E-state index >= 15 is 0 Å². The third-order valence-corrected chi connectivity index (χ3v) is 6.63. The van der Waals surface area contributed by atoms with Crippen molar-refractivity contribution in [3.63, 3.8) is 0 Å². The van der Waals surface area contributed by atoms with E-state index in [0.717, 1.165) is 17.3 Å². The summed E-state index contributed by atoms with van der Waals surface area (Å²) in [4.78, 5) is 0.357. The van der Waals surface area contributed by atoms with Gasteiger partial charge in [0.25, 0.3) is 0 Å². The molecule has 0 amide bonds. The predicted molar refractivity (Wildman–Crippen MR) is 84.3 cm³/mol. The molecule has 1 saturated carbocycles. The number of halogens is 2. The van der Waals surface area contributed by atoms with Gasteiger partial charge in [0.1, 0.15) is 0 Å². The first-order valence-corrected chi connectivity index (χ1v) is 8.73. The summed E-state index contributed by atoms with van der Waals surface area (Å²) in [6, 6.07) is 7.04. The zero-order chi connectivity index (χ0) is 13.6. The molecule has 0 radical (unpaired) electrons. The molecule has 1 heterocycles. The molecule has 112 valence electrons. The van der Waals surface area contributed by atoms with Crippen molar-refractivity contribution >= 4 is 38.4 Å². The molecule has 2 aliphatic rings. The van der Waals surface area contributed by atoms with Gasteiger partial charge in [-0.2, -0.15) is 4.31 Å². The number of sulfonamides is 1. The first-order valence-electron chi connectivity index (χ1n) is 6.50. The topological polar surface area (TPSA) is 63.4 Å². The van der Waals surface area contributed by atoms with Crippen LogP contribution in [-0.4, -0.2) is 31.9 Å². The van der Waals surface area contributed by atoms with Crippen LogP contribution in [0.1, 0.15) is 12.8 Å². The summed E-state index contributed by atoms with van der Waals surface area (Å²) >= 11 is 3.32. The zero-order valence-electron chi connectivity index (χ0n) is 10.9. The summed E-state index contributed by atoms with van der Waals surface area (Å²) in [5, 5.41) is 0. The van der Waals surface area contributed by atoms with E-state index in [2.05, 4.69) is 15.9 Å². The van der Waals surface area contributed by atoms with Crippen LogP contribution in [0.25, 0.3) is 0 Å². The number of hydrogen-bond acceptors (Lipinski definition) is 3. The molecule has 3 rings (SSSR count). The highest BCUT2D eigenvalue weighted by Gasteiger charge is 2.44. The maximum Gasteiger partial charge on any atom is 0.243 e. The molecule has 2 N–H and O–H groups in total. The summed E-state index contributed by atoms with van der Waals surface area (Å²) in [6.45, 7) is 1.19. The second-order valence-corrected chi connectivity index (χ2v) is 8.30. The van der Waals surface area contributed by atoms with E-state index in [1.54, 1.807) is 22.5 Å². The third-order valence-electron chi connectivity index (χ3n) is 4.31. The van der Waals surface area contributed by atoms with Crippen LogP contribution in [0.4, 0.5) is 0 Å². The molecular formula is C13H18BrClN2O2S. The van der Waals surface area contributed by atoms with Crippen LogP contribution in [0.5, 0.6) is 0 Å². The fraction of sp³-hybridized carbons (Fsp3) is 0.538. The van der Waals surface area contributed by atoms with Crippen LogP contribution in [0.3, 0.4) is 0 Å². The quantitative estimate of drug-likeness (QED) is 0.854. The van der Waals surface area contributed by atoms with Gasteiger partial charge in [0.2, 0.25) is 10.0 Å². The maximum absolute atomic E-state index is 12.6. The van der Waals surface area contributed by atoms with Crippen molar-refractivity contribution in [2.45, 2.75) is 23.8 Å². The van der Waals surface area contributed by atoms with Crippen molar-refractivity contribution in [2.75, 3.05) is 13.1 Å². The lowest BCUT2D eigenvalue weighted by Gasteiger charge is -2.18. The molecular weight excluding hydrogens is 364 g/mol. The number of hydrogen-bond donors (Lipinski definition) is 1. The standard InChI is InChI=1S/C13H17BrN2O2S.ClH/c14-10-2-1-3-11(6-10)19(17,18)16-7-9-4-5-13(15)12(9)8-16;/h1-3,6,9,12-13H,4-5,7-8,15H2;1H. The summed E-state index contributed by atoms with van der Waals surface area (Å²) in [7, 11) is -3.38. The molecule has 3 unspecified atom stereocenters. The number of rotatable bonds is 2. The fourth-order valence-corrected chi connectivity index (χ4v) is 5.37. The lowest BCUT2D eigenvalue weighted by Crippen LogP contribution is -2.33. The van der Waals surface area contributed by atoms with E-state index in [0.29, 0.717) is 29.8 Å². The summed E-state index contributed by atoms with van der Waals surface area (Å²) in [5.74, 6) is 0.777. The van der Waals surface area contributed by atoms with E-state index in [1.807, 2.05) is 6.07 Å². The number of nitrogens with zero attached hydrogens (tertiary/aromatic N) is 1. The fourth-order valence-electron chi connectivity index (χ4n) is 3.24. The minimum absolute atomic E-state index is 0. The second-order valence-electron chi connectivity index (χ2n) is 5.44. The van der Waals surface area contributed by atoms with Gasteiger partial charge in [-0.15, -0.1) is 12.4 Å². The van der Waals surface area contributed by atoms with Gasteiger partial charge >= 0.3 is 0 Å². The normalized spacial score (nSPS) is 30.0. The molecule has 1 aromatic carbocycles. The molecule has 4 nitrogen and oxygen atoms in total. The zero-order valence-corrected chi connectivity index (χ0v) is 14.1. The summed E-state index contributed by atoms with van der Waals surface area (Å²) in [6.07, 6.45) is 2.08. The van der Waals surface area contributed by atoms with Gasteiger partial charge in [-0.3, -0.25) is 0 Å². The van der Waals surface area contributed by atoms with Gasteiger partial charge < -0.3 is 5.73 Å². The molecule has 1 aliphatic heterocycles. The molecule has 0 bridgehead atoms. The first-order chi connectivity index (χ1) is 8.98. The number of fused-ring (bicyclic) bond motifs is 1. The number of nitrogens with two attached hydrogens (primary N) is 1. The van der Waals surface area contributed by atoms with Crippen LogP contribution in [0, 0.1) is 11.8 Å². The van der Waals surface area contributed by atoms with E-state index in [9.17, 15) is 8.42 Å². The van der Waals surface area contributed by atoms with Gasteiger partial charge in [-0.05, 0) is 42.9 Å². The van der Waals surface area contributed by atoms with Gasteiger partial charge in [0.15, 0.2) is 0 Å². The smallest absolute Gasteiger partial charge is 0.243 e. The largest absolute Gasteiger partial charge is 0.327 e. The van der Waals surface area contributed by atoms with Crippen molar-refractivity contribution in [2.24, 2.45) is 17.6 Å². The van der Waals surface area contributed by atoms with Crippen molar-refractivity contribution in [3.8, 4) is 0 Å². The molecule has 1 aromatic rings. The Morgan fingerprint density at radius 1 is 1.25 bits per heavy atom. The van der Waals surface area contributed by atoms with E-state index in [1.165, 1.54) is 0 Å². The van der Waals surface area contributed by atoms with Gasteiger partial charge in [-0.25, -0.2) is 8.42 Å². The lowest BCUT2D eigenvalue weighted by molar-refractivity contribution is 0.427. The van der Waals surface area contributed by atoms with Crippen LogP contribution in [0.2, 0.25) is 0 Å². The van der Waals surface area contributed by atoms with Crippen molar-refractivity contribution in [1.29, 1.82) is 0 Å². The molecule has 20 heavy (non-hydrogen) atoms. The van der Waals surface area contributed by atoms with Crippen molar-refractivity contribution in [3.05, 3.63) is 28.7 Å². The van der Waals surface area contributed by atoms with E-state index < -0.39 is 10.0 Å². The average molecular weight is 382 g/mol. The summed E-state index contributed by atoms with van der Waals surface area (Å²) < 4.78 is 27.6. The van der Waals surface area contributed by atoms with Crippen molar-refractivity contribution < 1.29 is 8.42 Å². The minimum atomic E-state index is -3.38. The van der Waals surface area contributed by atoms with Crippen molar-refractivity contribution in [1.82, 2.24) is 4.31 Å². The van der Waals surface area contributed by atoms with E-state index in [4.69, 9.17) is 5.73 Å². The molecule has 2 fully saturated rings. The Bertz CT molecular complexity index is 596. The van der Waals surface area contributed by atoms with Gasteiger partial charge in [0.05, 0.1) is 4.90 Å². The summed E-state index contributed by atoms with van der Waals surface area (Å²) in [5.41, 5.74) is 6.06. The Morgan fingerprint density at radius 3 is 2.65 bits per heavy atom. The second kappa shape index (κ2) is 5.93. The van der Waals surface area contributed by atoms with Crippen LogP contribution in [-0.2, 0) is 10.0 Å². The molecule has 3 atom stereocenters. The average Bonchev–Trinajstić information content (AvgIpc) is 2.92. The predicted octanol–water partition coefficient (Wildman–Crippen LogP) is 2.23. The lowest BCUT2D eigenvalue weighted by atomic mass is 9.98. The molecule has 1 aliphatic carbocycles. The van der Waals surface area contributed by atoms with E-state index in [-0.39, 0.29) is 18.4 Å². The SMILES string of the molecule is Cl.NC1CCC2CN(S(=O)(=O)c3cccc(Br)c3)CC12. The highest BCUT2D eigenvalue weighted by molar-refractivity contribution is 9.10. The Morgan fingerprint density at radius 2 is 2.00 bits per heavy atom. The van der Waals surface area contributed by atoms with Crippen LogP contribution >= 0.6 is 28.3 Å². The molecule has 0 spiro atoms. The van der Waals surface area contributed by atoms with Gasteiger partial charge in [-0.1, -0.05) is 22.0 Å². The highest BCUT2D eigenvalue weighted by Crippen LogP contribution is 2.39. The third kappa shape index (κ3) is 2.76. The minimum Gasteiger partial charge on any atom is -0.327 e. The van der Waals surface area contributed by atoms with Gasteiger partial charge in [0, 0.05) is 23.6 Å². The Hall–Kier alpha value is -0.140. The highest BCUT2D eigenvalue weighted by atomic mass is 79.9. The van der Waals surface area contributed by atoms with Crippen LogP contribution in [0.15, 0.2) is 33.6 Å². The molecule has 0 aromatic heterocycles. The Labute approximate surface area is 134 Å². The Kier molecular flexibility index (Phi) is 4.81. The first kappa shape index (κ1) is 16.2. The Balaban J connectivity index is 0.00000147. The molecule has 7 heteroatoms. The van der Waals surface area contributed by atoms with Crippen LogP contribution < -0.4 is 5.73 Å². The molecule has 1 saturated heterocycles. The number of benzene rings is 1. The monoisotopic (exact) mass is 380 g/mol. The maximum atomic E-state index is 12.6.